The number of amides is 1. The van der Waals surface area contributed by atoms with Gasteiger partial charge in [0.15, 0.2) is 0 Å². The summed E-state index contributed by atoms with van der Waals surface area (Å²) in [4.78, 5) is 11.6. The number of hydrogen-bond acceptors (Lipinski definition) is 1. The topological polar surface area (TPSA) is 29.1 Å². The van der Waals surface area contributed by atoms with Gasteiger partial charge in [0, 0.05) is 6.04 Å². The summed E-state index contributed by atoms with van der Waals surface area (Å²) in [5.41, 5.74) is 0.341. The Kier molecular flexibility index (Phi) is 1.96. The lowest BCUT2D eigenvalue weighted by Gasteiger charge is -2.58. The third-order valence-corrected chi connectivity index (χ3v) is 4.45. The Bertz CT molecular complexity index is 260. The van der Waals surface area contributed by atoms with E-state index in [9.17, 15) is 4.79 Å². The number of carbonyl (C=O) groups is 1. The monoisotopic (exact) mass is 195 g/mol. The highest BCUT2D eigenvalue weighted by molar-refractivity contribution is 5.91. The molecule has 2 heteroatoms. The standard InChI is InChI=1S/C12H21NO/c1-8(11(2,3)4)9-12(6-5-7-12)10(14)13-9/h8-9H,5-7H2,1-4H3,(H,13,14). The lowest BCUT2D eigenvalue weighted by atomic mass is 9.53. The van der Waals surface area contributed by atoms with Crippen molar-refractivity contribution >= 4 is 5.91 Å². The molecule has 1 aliphatic carbocycles. The average molecular weight is 195 g/mol. The van der Waals surface area contributed by atoms with Gasteiger partial charge < -0.3 is 5.32 Å². The number of β-lactam (4-membered cyclic amide) rings is 1. The van der Waals surface area contributed by atoms with Gasteiger partial charge in [-0.2, -0.15) is 0 Å². The van der Waals surface area contributed by atoms with Gasteiger partial charge in [-0.25, -0.2) is 0 Å². The van der Waals surface area contributed by atoms with E-state index in [0.717, 1.165) is 12.8 Å². The van der Waals surface area contributed by atoms with Crippen LogP contribution in [0.25, 0.3) is 0 Å². The van der Waals surface area contributed by atoms with Gasteiger partial charge in [0.05, 0.1) is 5.41 Å². The molecule has 0 radical (unpaired) electrons. The van der Waals surface area contributed by atoms with Crippen molar-refractivity contribution in [1.82, 2.24) is 5.32 Å². The zero-order chi connectivity index (χ0) is 10.6. The minimum absolute atomic E-state index is 0.0483. The zero-order valence-electron chi connectivity index (χ0n) is 9.68. The van der Waals surface area contributed by atoms with Crippen LogP contribution in [-0.4, -0.2) is 11.9 Å². The molecule has 2 atom stereocenters. The molecule has 1 aliphatic heterocycles. The molecule has 0 bridgehead atoms. The summed E-state index contributed by atoms with van der Waals surface area (Å²) < 4.78 is 0. The van der Waals surface area contributed by atoms with Crippen LogP contribution in [0.5, 0.6) is 0 Å². The van der Waals surface area contributed by atoms with Crippen molar-refractivity contribution in [2.75, 3.05) is 0 Å². The fourth-order valence-electron chi connectivity index (χ4n) is 2.69. The molecule has 2 nitrogen and oxygen atoms in total. The van der Waals surface area contributed by atoms with Crippen molar-refractivity contribution in [3.05, 3.63) is 0 Å². The molecule has 80 valence electrons. The van der Waals surface area contributed by atoms with Crippen molar-refractivity contribution in [2.45, 2.75) is 53.0 Å². The van der Waals surface area contributed by atoms with Crippen LogP contribution in [-0.2, 0) is 4.79 Å². The summed E-state index contributed by atoms with van der Waals surface area (Å²) in [6.07, 6.45) is 3.47. The molecule has 2 aliphatic rings. The van der Waals surface area contributed by atoms with E-state index in [4.69, 9.17) is 0 Å². The molecule has 0 aromatic heterocycles. The minimum atomic E-state index is 0.0483. The predicted molar refractivity (Wildman–Crippen MR) is 56.8 cm³/mol. The highest BCUT2D eigenvalue weighted by atomic mass is 16.2. The van der Waals surface area contributed by atoms with E-state index in [0.29, 0.717) is 23.3 Å². The molecule has 0 aromatic rings. The van der Waals surface area contributed by atoms with E-state index in [1.165, 1.54) is 6.42 Å². The van der Waals surface area contributed by atoms with E-state index >= 15 is 0 Å². The predicted octanol–water partition coefficient (Wildman–Crippen LogP) is 2.34. The summed E-state index contributed by atoms with van der Waals surface area (Å²) in [6.45, 7) is 9.04. The molecular formula is C12H21NO. The van der Waals surface area contributed by atoms with Crippen molar-refractivity contribution < 1.29 is 4.79 Å². The fraction of sp³-hybridized carbons (Fsp3) is 0.917. The Hall–Kier alpha value is -0.530. The molecule has 1 saturated heterocycles. The highest BCUT2D eigenvalue weighted by Gasteiger charge is 2.60. The third kappa shape index (κ3) is 1.12. The molecule has 1 amide bonds. The summed E-state index contributed by atoms with van der Waals surface area (Å²) in [6, 6.07) is 0.434. The number of carbonyl (C=O) groups excluding carboxylic acids is 1. The van der Waals surface area contributed by atoms with Crippen LogP contribution in [0.3, 0.4) is 0 Å². The van der Waals surface area contributed by atoms with Crippen LogP contribution in [0.2, 0.25) is 0 Å². The largest absolute Gasteiger partial charge is 0.351 e. The Labute approximate surface area is 86.5 Å². The second-order valence-corrected chi connectivity index (χ2v) is 6.12. The van der Waals surface area contributed by atoms with Gasteiger partial charge in [0.1, 0.15) is 0 Å². The molecule has 1 saturated carbocycles. The maximum absolute atomic E-state index is 11.6. The zero-order valence-corrected chi connectivity index (χ0v) is 9.68. The Morgan fingerprint density at radius 3 is 2.29 bits per heavy atom. The summed E-state index contributed by atoms with van der Waals surface area (Å²) in [5, 5.41) is 3.10. The molecule has 2 unspecified atom stereocenters. The van der Waals surface area contributed by atoms with E-state index in [-0.39, 0.29) is 5.41 Å². The summed E-state index contributed by atoms with van der Waals surface area (Å²) in [5.74, 6) is 0.880. The molecular weight excluding hydrogens is 174 g/mol. The number of hydrogen-bond donors (Lipinski definition) is 1. The van der Waals surface area contributed by atoms with Gasteiger partial charge in [-0.3, -0.25) is 4.79 Å². The maximum Gasteiger partial charge on any atom is 0.228 e. The highest BCUT2D eigenvalue weighted by Crippen LogP contribution is 2.53. The van der Waals surface area contributed by atoms with Crippen LogP contribution in [0.1, 0.15) is 47.0 Å². The van der Waals surface area contributed by atoms with Gasteiger partial charge in [0.25, 0.3) is 0 Å². The van der Waals surface area contributed by atoms with E-state index in [1.54, 1.807) is 0 Å². The first-order chi connectivity index (χ1) is 6.38. The summed E-state index contributed by atoms with van der Waals surface area (Å²) in [7, 11) is 0. The van der Waals surface area contributed by atoms with Gasteiger partial charge in [-0.1, -0.05) is 34.1 Å². The van der Waals surface area contributed by atoms with Crippen LogP contribution in [0.4, 0.5) is 0 Å². The molecule has 0 aromatic carbocycles. The van der Waals surface area contributed by atoms with Crippen LogP contribution < -0.4 is 5.32 Å². The average Bonchev–Trinajstić information content (AvgIpc) is 1.93. The van der Waals surface area contributed by atoms with E-state index in [2.05, 4.69) is 33.0 Å². The van der Waals surface area contributed by atoms with Crippen LogP contribution in [0.15, 0.2) is 0 Å². The molecule has 2 rings (SSSR count). The fourth-order valence-corrected chi connectivity index (χ4v) is 2.69. The Morgan fingerprint density at radius 2 is 2.00 bits per heavy atom. The second kappa shape index (κ2) is 2.74. The molecule has 1 spiro atoms. The SMILES string of the molecule is CC(C1NC(=O)C12CCC2)C(C)(C)C. The summed E-state index contributed by atoms with van der Waals surface area (Å²) >= 11 is 0. The molecule has 14 heavy (non-hydrogen) atoms. The van der Waals surface area contributed by atoms with Crippen LogP contribution in [0, 0.1) is 16.7 Å². The maximum atomic E-state index is 11.6. The first-order valence-electron chi connectivity index (χ1n) is 5.69. The van der Waals surface area contributed by atoms with Crippen molar-refractivity contribution in [3.8, 4) is 0 Å². The smallest absolute Gasteiger partial charge is 0.228 e. The lowest BCUT2D eigenvalue weighted by molar-refractivity contribution is -0.160. The lowest BCUT2D eigenvalue weighted by Crippen LogP contribution is -2.73. The molecule has 1 N–H and O–H groups in total. The number of rotatable bonds is 1. The first kappa shape index (κ1) is 10.0. The number of nitrogens with one attached hydrogen (secondary N) is 1. The normalized spacial score (nSPS) is 31.7. The van der Waals surface area contributed by atoms with E-state index < -0.39 is 0 Å². The van der Waals surface area contributed by atoms with Crippen molar-refractivity contribution in [1.29, 1.82) is 0 Å². The molecule has 2 fully saturated rings. The van der Waals surface area contributed by atoms with Gasteiger partial charge >= 0.3 is 0 Å². The van der Waals surface area contributed by atoms with Crippen molar-refractivity contribution in [2.24, 2.45) is 16.7 Å². The quantitative estimate of drug-likeness (QED) is 0.639. The Balaban J connectivity index is 2.10. The van der Waals surface area contributed by atoms with Gasteiger partial charge in [0.2, 0.25) is 5.91 Å². The molecule has 1 heterocycles. The van der Waals surface area contributed by atoms with Gasteiger partial charge in [-0.05, 0) is 24.2 Å². The van der Waals surface area contributed by atoms with Crippen molar-refractivity contribution in [3.63, 3.8) is 0 Å². The van der Waals surface area contributed by atoms with Crippen LogP contribution >= 0.6 is 0 Å². The van der Waals surface area contributed by atoms with E-state index in [1.807, 2.05) is 0 Å². The third-order valence-electron chi connectivity index (χ3n) is 4.45. The van der Waals surface area contributed by atoms with Gasteiger partial charge in [-0.15, -0.1) is 0 Å². The Morgan fingerprint density at radius 1 is 1.43 bits per heavy atom. The minimum Gasteiger partial charge on any atom is -0.351 e. The second-order valence-electron chi connectivity index (χ2n) is 6.12. The first-order valence-corrected chi connectivity index (χ1v) is 5.69.